The van der Waals surface area contributed by atoms with Crippen molar-refractivity contribution in [2.45, 2.75) is 37.9 Å². The molecule has 1 aromatic carbocycles. The number of halogens is 4. The molecular weight excluding hydrogens is 509 g/mol. The van der Waals surface area contributed by atoms with E-state index in [9.17, 15) is 8.78 Å². The van der Waals surface area contributed by atoms with E-state index < -0.39 is 6.55 Å². The quantitative estimate of drug-likeness (QED) is 0.240. The first-order valence-corrected chi connectivity index (χ1v) is 10.8. The Bertz CT molecular complexity index is 1050. The Morgan fingerprint density at radius 3 is 2.66 bits per heavy atom. The van der Waals surface area contributed by atoms with Crippen LogP contribution < -0.4 is 11.1 Å². The van der Waals surface area contributed by atoms with Gasteiger partial charge in [-0.05, 0) is 41.0 Å². The zero-order valence-corrected chi connectivity index (χ0v) is 18.4. The third kappa shape index (κ3) is 4.00. The number of rotatable bonds is 5. The van der Waals surface area contributed by atoms with Gasteiger partial charge in [0.15, 0.2) is 0 Å². The van der Waals surface area contributed by atoms with E-state index in [1.54, 1.807) is 6.07 Å². The summed E-state index contributed by atoms with van der Waals surface area (Å²) in [4.78, 5) is 4.38. The van der Waals surface area contributed by atoms with Gasteiger partial charge in [-0.1, -0.05) is 54.1 Å². The van der Waals surface area contributed by atoms with Crippen molar-refractivity contribution in [2.75, 3.05) is 5.32 Å². The number of nitrogens with two attached hydrogens (primary N) is 1. The number of pyridine rings is 1. The minimum atomic E-state index is -2.71. The second-order valence-corrected chi connectivity index (χ2v) is 8.55. The Balaban J connectivity index is 1.86. The SMILES string of the molecule is N[C@H]1CC=CC[C@@H]1c1c(I)c2nc(Cl)cc(NCc3ccccc3)c2n1C(F)F. The van der Waals surface area contributed by atoms with Crippen LogP contribution in [0.15, 0.2) is 48.6 Å². The predicted octanol–water partition coefficient (Wildman–Crippen LogP) is 6.06. The Morgan fingerprint density at radius 1 is 1.24 bits per heavy atom. The van der Waals surface area contributed by atoms with Crippen molar-refractivity contribution in [3.8, 4) is 0 Å². The average Bonchev–Trinajstić information content (AvgIpc) is 3.00. The van der Waals surface area contributed by atoms with Gasteiger partial charge in [-0.15, -0.1) is 0 Å². The molecule has 1 aliphatic rings. The molecule has 3 N–H and O–H groups in total. The topological polar surface area (TPSA) is 55.9 Å². The van der Waals surface area contributed by atoms with Gasteiger partial charge in [0, 0.05) is 30.3 Å². The van der Waals surface area contributed by atoms with Crippen LogP contribution in [0.2, 0.25) is 5.15 Å². The van der Waals surface area contributed by atoms with Gasteiger partial charge in [0.1, 0.15) is 10.7 Å². The standard InChI is InChI=1S/C21H20ClF2IN4/c22-16-10-15(27-11-12-6-2-1-3-7-12)20-18(28-16)17(25)19(29(20)21(23)24)13-8-4-5-9-14(13)26/h1-7,10,13-14,21H,8-9,11,26H2,(H,27,28)/t13-,14-/m0/s1. The fourth-order valence-electron chi connectivity index (χ4n) is 3.87. The van der Waals surface area contributed by atoms with Gasteiger partial charge < -0.3 is 11.1 Å². The maximum Gasteiger partial charge on any atom is 0.319 e. The molecule has 152 valence electrons. The van der Waals surface area contributed by atoms with Crippen molar-refractivity contribution in [3.63, 3.8) is 0 Å². The van der Waals surface area contributed by atoms with Crippen LogP contribution in [-0.4, -0.2) is 15.6 Å². The summed E-state index contributed by atoms with van der Waals surface area (Å²) in [6.07, 6.45) is 5.30. The molecule has 3 aromatic rings. The van der Waals surface area contributed by atoms with Crippen molar-refractivity contribution in [3.05, 3.63) is 68.5 Å². The van der Waals surface area contributed by atoms with Crippen molar-refractivity contribution in [2.24, 2.45) is 5.73 Å². The first kappa shape index (κ1) is 20.6. The molecule has 0 unspecified atom stereocenters. The van der Waals surface area contributed by atoms with Crippen LogP contribution in [0.5, 0.6) is 0 Å². The van der Waals surface area contributed by atoms with E-state index in [-0.39, 0.29) is 17.1 Å². The van der Waals surface area contributed by atoms with E-state index in [1.165, 1.54) is 0 Å². The lowest BCUT2D eigenvalue weighted by atomic mass is 9.87. The molecule has 2 atom stereocenters. The lowest BCUT2D eigenvalue weighted by molar-refractivity contribution is 0.0705. The number of anilines is 1. The van der Waals surface area contributed by atoms with E-state index in [0.29, 0.717) is 45.4 Å². The number of nitrogens with zero attached hydrogens (tertiary/aromatic N) is 2. The number of nitrogens with one attached hydrogen (secondary N) is 1. The van der Waals surface area contributed by atoms with Crippen LogP contribution in [0.4, 0.5) is 14.5 Å². The van der Waals surface area contributed by atoms with Crippen LogP contribution in [0, 0.1) is 3.57 Å². The molecule has 0 aliphatic heterocycles. The smallest absolute Gasteiger partial charge is 0.319 e. The summed E-state index contributed by atoms with van der Waals surface area (Å²) in [7, 11) is 0. The van der Waals surface area contributed by atoms with Gasteiger partial charge in [-0.25, -0.2) is 4.98 Å². The summed E-state index contributed by atoms with van der Waals surface area (Å²) in [6, 6.07) is 11.1. The summed E-state index contributed by atoms with van der Waals surface area (Å²) in [5.74, 6) is -0.198. The van der Waals surface area contributed by atoms with E-state index in [0.717, 1.165) is 10.1 Å². The van der Waals surface area contributed by atoms with E-state index in [4.69, 9.17) is 17.3 Å². The first-order chi connectivity index (χ1) is 14.0. The number of aromatic nitrogens is 2. The lowest BCUT2D eigenvalue weighted by Crippen LogP contribution is -2.31. The molecule has 0 saturated carbocycles. The molecule has 0 radical (unpaired) electrons. The van der Waals surface area contributed by atoms with E-state index in [1.807, 2.05) is 42.5 Å². The van der Waals surface area contributed by atoms with Crippen molar-refractivity contribution in [1.29, 1.82) is 0 Å². The number of hydrogen-bond acceptors (Lipinski definition) is 3. The molecule has 0 saturated heterocycles. The molecule has 2 heterocycles. The normalized spacial score (nSPS) is 19.2. The van der Waals surface area contributed by atoms with Gasteiger partial charge in [0.05, 0.1) is 14.8 Å². The van der Waals surface area contributed by atoms with Gasteiger partial charge in [-0.2, -0.15) is 8.78 Å². The molecule has 0 bridgehead atoms. The molecule has 4 nitrogen and oxygen atoms in total. The van der Waals surface area contributed by atoms with Crippen LogP contribution in [-0.2, 0) is 6.54 Å². The van der Waals surface area contributed by atoms with Gasteiger partial charge in [-0.3, -0.25) is 4.57 Å². The largest absolute Gasteiger partial charge is 0.379 e. The summed E-state index contributed by atoms with van der Waals surface area (Å²) in [5, 5.41) is 3.53. The number of benzene rings is 1. The summed E-state index contributed by atoms with van der Waals surface area (Å²) in [6.45, 7) is -2.23. The van der Waals surface area contributed by atoms with Crippen LogP contribution in [0.1, 0.15) is 36.6 Å². The van der Waals surface area contributed by atoms with E-state index in [2.05, 4.69) is 32.9 Å². The molecule has 0 amide bonds. The third-order valence-corrected chi connectivity index (χ3v) is 6.51. The van der Waals surface area contributed by atoms with Crippen molar-refractivity contribution in [1.82, 2.24) is 9.55 Å². The average molecular weight is 529 g/mol. The highest BCUT2D eigenvalue weighted by atomic mass is 127. The molecular formula is C21H20ClF2IN4. The molecule has 29 heavy (non-hydrogen) atoms. The lowest BCUT2D eigenvalue weighted by Gasteiger charge is -2.27. The Labute approximate surface area is 186 Å². The highest BCUT2D eigenvalue weighted by molar-refractivity contribution is 14.1. The molecule has 2 aromatic heterocycles. The fourth-order valence-corrected chi connectivity index (χ4v) is 5.10. The first-order valence-electron chi connectivity index (χ1n) is 9.33. The third-order valence-electron chi connectivity index (χ3n) is 5.25. The molecule has 0 spiro atoms. The molecule has 8 heteroatoms. The zero-order chi connectivity index (χ0) is 20.5. The Morgan fingerprint density at radius 2 is 1.97 bits per heavy atom. The maximum absolute atomic E-state index is 14.3. The van der Waals surface area contributed by atoms with Crippen LogP contribution >= 0.6 is 34.2 Å². The Kier molecular flexibility index (Phi) is 6.08. The monoisotopic (exact) mass is 528 g/mol. The van der Waals surface area contributed by atoms with Gasteiger partial charge in [0.2, 0.25) is 0 Å². The van der Waals surface area contributed by atoms with Crippen molar-refractivity contribution >= 4 is 50.9 Å². The summed E-state index contributed by atoms with van der Waals surface area (Å²) in [5.41, 5.74) is 9.25. The highest BCUT2D eigenvalue weighted by Gasteiger charge is 2.32. The number of hydrogen-bond donors (Lipinski definition) is 2. The Hall–Kier alpha value is -1.71. The van der Waals surface area contributed by atoms with Gasteiger partial charge in [0.25, 0.3) is 0 Å². The predicted molar refractivity (Wildman–Crippen MR) is 122 cm³/mol. The number of alkyl halides is 2. The second kappa shape index (κ2) is 8.57. The minimum absolute atomic E-state index is 0.198. The number of fused-ring (bicyclic) bond motifs is 1. The highest BCUT2D eigenvalue weighted by Crippen LogP contribution is 2.42. The van der Waals surface area contributed by atoms with Crippen LogP contribution in [0.25, 0.3) is 11.0 Å². The summed E-state index contributed by atoms with van der Waals surface area (Å²) < 4.78 is 30.4. The fraction of sp³-hybridized carbons (Fsp3) is 0.286. The number of allylic oxidation sites excluding steroid dienone is 1. The minimum Gasteiger partial charge on any atom is -0.379 e. The van der Waals surface area contributed by atoms with Crippen molar-refractivity contribution < 1.29 is 8.78 Å². The van der Waals surface area contributed by atoms with E-state index >= 15 is 0 Å². The zero-order valence-electron chi connectivity index (χ0n) is 15.5. The maximum atomic E-state index is 14.3. The van der Waals surface area contributed by atoms with Crippen LogP contribution in [0.3, 0.4) is 0 Å². The van der Waals surface area contributed by atoms with Gasteiger partial charge >= 0.3 is 6.55 Å². The molecule has 4 rings (SSSR count). The molecule has 1 aliphatic carbocycles. The summed E-state index contributed by atoms with van der Waals surface area (Å²) >= 11 is 8.34. The molecule has 0 fully saturated rings. The second-order valence-electron chi connectivity index (χ2n) is 7.09.